The Kier molecular flexibility index (Phi) is 25.7. The second-order valence-corrected chi connectivity index (χ2v) is 6.56. The van der Waals surface area contributed by atoms with E-state index >= 15 is 0 Å². The molecule has 3 N–H and O–H groups in total. The Hall–Kier alpha value is -1.38. The first-order valence-electron chi connectivity index (χ1n) is 11.3. The van der Waals surface area contributed by atoms with Gasteiger partial charge in [-0.2, -0.15) is 0 Å². The zero-order valence-corrected chi connectivity index (χ0v) is 19.8. The van der Waals surface area contributed by atoms with E-state index in [9.17, 15) is 9.59 Å². The van der Waals surface area contributed by atoms with Crippen LogP contribution in [0.25, 0.3) is 0 Å². The number of rotatable bonds is 26. The number of carbonyl (C=O) groups is 2. The van der Waals surface area contributed by atoms with E-state index in [1.807, 2.05) is 0 Å². The highest BCUT2D eigenvalue weighted by atomic mass is 16.6. The van der Waals surface area contributed by atoms with Crippen molar-refractivity contribution in [1.29, 1.82) is 0 Å². The van der Waals surface area contributed by atoms with Crippen molar-refractivity contribution in [2.45, 2.75) is 12.8 Å². The summed E-state index contributed by atoms with van der Waals surface area (Å²) >= 11 is 0. The molecule has 0 spiro atoms. The minimum absolute atomic E-state index is 0.00648. The topological polar surface area (TPSA) is 143 Å². The monoisotopic (exact) mass is 482 g/mol. The molecular formula is C21H42N2O10. The van der Waals surface area contributed by atoms with Crippen LogP contribution in [-0.4, -0.2) is 130 Å². The number of likely N-dealkylation sites (N-methyl/N-ethyl adjacent to an activating group) is 1. The Morgan fingerprint density at radius 1 is 0.576 bits per heavy atom. The van der Waals surface area contributed by atoms with Gasteiger partial charge in [-0.05, 0) is 6.42 Å². The normalized spacial score (nSPS) is 11.0. The Morgan fingerprint density at radius 3 is 1.30 bits per heavy atom. The Morgan fingerprint density at radius 2 is 0.939 bits per heavy atom. The number of aliphatic hydroxyl groups excluding tert-OH is 1. The lowest BCUT2D eigenvalue weighted by Gasteiger charge is -2.08. The molecule has 0 radical (unpaired) electrons. The van der Waals surface area contributed by atoms with Crippen LogP contribution in [0.5, 0.6) is 0 Å². The zero-order valence-electron chi connectivity index (χ0n) is 19.8. The summed E-state index contributed by atoms with van der Waals surface area (Å²) in [7, 11) is 1.52. The van der Waals surface area contributed by atoms with Gasteiger partial charge in [0.25, 0.3) is 0 Å². The average Bonchev–Trinajstić information content (AvgIpc) is 2.82. The minimum Gasteiger partial charge on any atom is -0.394 e. The number of carbonyl (C=O) groups excluding carboxylic acids is 2. The maximum absolute atomic E-state index is 11.5. The number of aliphatic hydroxyl groups is 1. The van der Waals surface area contributed by atoms with Crippen LogP contribution < -0.4 is 10.6 Å². The molecule has 0 saturated carbocycles. The van der Waals surface area contributed by atoms with E-state index in [4.69, 9.17) is 38.3 Å². The molecule has 0 aromatic heterocycles. The molecule has 0 aliphatic rings. The highest BCUT2D eigenvalue weighted by Gasteiger charge is 2.03. The van der Waals surface area contributed by atoms with Crippen LogP contribution in [-0.2, 0) is 42.7 Å². The van der Waals surface area contributed by atoms with Crippen molar-refractivity contribution >= 4 is 11.8 Å². The van der Waals surface area contributed by atoms with Crippen molar-refractivity contribution in [3.63, 3.8) is 0 Å². The molecule has 0 aliphatic carbocycles. The van der Waals surface area contributed by atoms with Gasteiger partial charge in [-0.15, -0.1) is 0 Å². The Bertz CT molecular complexity index is 443. The number of hydrogen-bond acceptors (Lipinski definition) is 10. The van der Waals surface area contributed by atoms with E-state index in [0.29, 0.717) is 105 Å². The average molecular weight is 483 g/mol. The first-order valence-corrected chi connectivity index (χ1v) is 11.3. The summed E-state index contributed by atoms with van der Waals surface area (Å²) in [5.41, 5.74) is 0. The molecule has 2 amide bonds. The molecule has 0 heterocycles. The van der Waals surface area contributed by atoms with Gasteiger partial charge in [0.2, 0.25) is 11.8 Å². The molecule has 12 heteroatoms. The standard InChI is InChI=1S/C21H42N2O10/c1-22-21(26)19-23-20(25)3-2-5-27-7-9-29-11-13-31-15-17-33-18-16-32-14-12-30-10-8-28-6-4-24/h24H,2-19H2,1H3,(H,22,26)(H,23,25). The molecule has 0 aromatic carbocycles. The van der Waals surface area contributed by atoms with Crippen molar-refractivity contribution in [3.8, 4) is 0 Å². The molecule has 0 atom stereocenters. The van der Waals surface area contributed by atoms with E-state index in [1.165, 1.54) is 7.05 Å². The summed E-state index contributed by atoms with van der Waals surface area (Å²) in [6.07, 6.45) is 0.903. The van der Waals surface area contributed by atoms with Crippen LogP contribution in [0.2, 0.25) is 0 Å². The van der Waals surface area contributed by atoms with Crippen LogP contribution in [0.4, 0.5) is 0 Å². The Balaban J connectivity index is 3.10. The molecule has 12 nitrogen and oxygen atoms in total. The second-order valence-electron chi connectivity index (χ2n) is 6.56. The van der Waals surface area contributed by atoms with Crippen molar-refractivity contribution in [3.05, 3.63) is 0 Å². The van der Waals surface area contributed by atoms with Gasteiger partial charge in [0.1, 0.15) is 0 Å². The molecule has 0 unspecified atom stereocenters. The van der Waals surface area contributed by atoms with Gasteiger partial charge in [-0.3, -0.25) is 9.59 Å². The first kappa shape index (κ1) is 31.6. The van der Waals surface area contributed by atoms with E-state index in [0.717, 1.165) is 0 Å². The van der Waals surface area contributed by atoms with Gasteiger partial charge >= 0.3 is 0 Å². The molecule has 196 valence electrons. The predicted molar refractivity (Wildman–Crippen MR) is 119 cm³/mol. The fraction of sp³-hybridized carbons (Fsp3) is 0.905. The molecular weight excluding hydrogens is 440 g/mol. The van der Waals surface area contributed by atoms with E-state index in [1.54, 1.807) is 0 Å². The largest absolute Gasteiger partial charge is 0.394 e. The SMILES string of the molecule is CNC(=O)CNC(=O)CCCOCCOCCOCCOCCOCCOCCOCCO. The fourth-order valence-electron chi connectivity index (χ4n) is 2.18. The predicted octanol–water partition coefficient (Wildman–Crippen LogP) is -1.26. The number of nitrogens with one attached hydrogen (secondary N) is 2. The third kappa shape index (κ3) is 26.8. The molecule has 0 bridgehead atoms. The smallest absolute Gasteiger partial charge is 0.239 e. The highest BCUT2D eigenvalue weighted by molar-refractivity contribution is 5.84. The first-order chi connectivity index (χ1) is 16.2. The fourth-order valence-corrected chi connectivity index (χ4v) is 2.18. The van der Waals surface area contributed by atoms with Crippen molar-refractivity contribution < 1.29 is 47.9 Å². The quantitative estimate of drug-likeness (QED) is 0.128. The molecule has 0 aromatic rings. The summed E-state index contributed by atoms with van der Waals surface area (Å²) in [4.78, 5) is 22.5. The summed E-state index contributed by atoms with van der Waals surface area (Å²) in [6, 6.07) is 0. The summed E-state index contributed by atoms with van der Waals surface area (Å²) in [5.74, 6) is -0.399. The van der Waals surface area contributed by atoms with Crippen LogP contribution in [0.15, 0.2) is 0 Å². The third-order valence-corrected chi connectivity index (χ3v) is 3.89. The van der Waals surface area contributed by atoms with E-state index < -0.39 is 0 Å². The summed E-state index contributed by atoms with van der Waals surface area (Å²) in [6.45, 7) is 6.56. The maximum Gasteiger partial charge on any atom is 0.239 e. The highest BCUT2D eigenvalue weighted by Crippen LogP contribution is 1.91. The number of ether oxygens (including phenoxy) is 7. The van der Waals surface area contributed by atoms with Gasteiger partial charge in [0.15, 0.2) is 0 Å². The number of amides is 2. The van der Waals surface area contributed by atoms with E-state index in [2.05, 4.69) is 10.6 Å². The molecule has 0 aliphatic heterocycles. The lowest BCUT2D eigenvalue weighted by molar-refractivity contribution is -0.126. The molecule has 33 heavy (non-hydrogen) atoms. The summed E-state index contributed by atoms with van der Waals surface area (Å²) < 4.78 is 37.3. The van der Waals surface area contributed by atoms with Gasteiger partial charge in [0.05, 0.1) is 99.0 Å². The van der Waals surface area contributed by atoms with Gasteiger partial charge in [0, 0.05) is 20.1 Å². The molecule has 0 saturated heterocycles. The van der Waals surface area contributed by atoms with Crippen molar-refractivity contribution in [2.24, 2.45) is 0 Å². The maximum atomic E-state index is 11.5. The lowest BCUT2D eigenvalue weighted by atomic mass is 10.3. The van der Waals surface area contributed by atoms with Gasteiger partial charge in [-0.25, -0.2) is 0 Å². The van der Waals surface area contributed by atoms with Crippen molar-refractivity contribution in [2.75, 3.05) is 113 Å². The van der Waals surface area contributed by atoms with Crippen LogP contribution in [0, 0.1) is 0 Å². The third-order valence-electron chi connectivity index (χ3n) is 3.89. The lowest BCUT2D eigenvalue weighted by Crippen LogP contribution is -2.35. The zero-order chi connectivity index (χ0) is 24.2. The Labute approximate surface area is 196 Å². The van der Waals surface area contributed by atoms with Gasteiger partial charge < -0.3 is 48.9 Å². The molecule has 0 rings (SSSR count). The van der Waals surface area contributed by atoms with Crippen LogP contribution in [0.1, 0.15) is 12.8 Å². The molecule has 0 fully saturated rings. The summed E-state index contributed by atoms with van der Waals surface area (Å²) in [5, 5.41) is 13.5. The van der Waals surface area contributed by atoms with Crippen LogP contribution >= 0.6 is 0 Å². The van der Waals surface area contributed by atoms with E-state index in [-0.39, 0.29) is 25.0 Å². The second kappa shape index (κ2) is 26.9. The number of hydrogen-bond donors (Lipinski definition) is 3. The van der Waals surface area contributed by atoms with Crippen LogP contribution in [0.3, 0.4) is 0 Å². The minimum atomic E-state index is -0.227. The van der Waals surface area contributed by atoms with Crippen molar-refractivity contribution in [1.82, 2.24) is 10.6 Å². The van der Waals surface area contributed by atoms with Gasteiger partial charge in [-0.1, -0.05) is 0 Å².